The number of cyclic esters (lactones) is 1. The first-order valence-corrected chi connectivity index (χ1v) is 20.6. The molecule has 0 aromatic carbocycles. The fourth-order valence-corrected chi connectivity index (χ4v) is 10.7. The molecular formula is C39H68O7Si. The van der Waals surface area contributed by atoms with E-state index in [4.69, 9.17) is 18.6 Å². The molecule has 2 aliphatic heterocycles. The zero-order chi connectivity index (χ0) is 35.7. The summed E-state index contributed by atoms with van der Waals surface area (Å²) in [5.41, 5.74) is 0.907. The molecule has 8 atom stereocenters. The van der Waals surface area contributed by atoms with Gasteiger partial charge in [-0.2, -0.15) is 0 Å². The number of aliphatic hydroxyl groups is 1. The van der Waals surface area contributed by atoms with Crippen LogP contribution in [0.25, 0.3) is 0 Å². The highest BCUT2D eigenvalue weighted by Crippen LogP contribution is 2.41. The molecule has 2 aliphatic rings. The Morgan fingerprint density at radius 1 is 1.15 bits per heavy atom. The summed E-state index contributed by atoms with van der Waals surface area (Å²) < 4.78 is 25.1. The van der Waals surface area contributed by atoms with E-state index in [1.165, 1.54) is 6.92 Å². The number of carbonyl (C=O) groups is 2. The first-order chi connectivity index (χ1) is 21.8. The van der Waals surface area contributed by atoms with E-state index in [1.807, 2.05) is 39.0 Å². The lowest BCUT2D eigenvalue weighted by atomic mass is 9.80. The maximum Gasteiger partial charge on any atom is 0.308 e. The molecule has 270 valence electrons. The van der Waals surface area contributed by atoms with Crippen LogP contribution < -0.4 is 0 Å². The molecule has 1 saturated heterocycles. The summed E-state index contributed by atoms with van der Waals surface area (Å²) in [5.74, 6) is -0.575. The molecule has 0 saturated carbocycles. The van der Waals surface area contributed by atoms with Crippen molar-refractivity contribution in [3.63, 3.8) is 0 Å². The molecule has 0 radical (unpaired) electrons. The van der Waals surface area contributed by atoms with Gasteiger partial charge in [-0.05, 0) is 67.3 Å². The molecule has 7 nitrogen and oxygen atoms in total. The van der Waals surface area contributed by atoms with Crippen molar-refractivity contribution in [2.24, 2.45) is 22.7 Å². The van der Waals surface area contributed by atoms with Crippen LogP contribution in [0.3, 0.4) is 0 Å². The first kappa shape index (κ1) is 41.4. The summed E-state index contributed by atoms with van der Waals surface area (Å²) in [6.07, 6.45) is 12.3. The topological polar surface area (TPSA) is 94.6 Å². The second-order valence-corrected chi connectivity index (χ2v) is 21.0. The molecule has 8 unspecified atom stereocenters. The van der Waals surface area contributed by atoms with Crippen LogP contribution in [-0.2, 0) is 28.2 Å². The Labute approximate surface area is 288 Å². The summed E-state index contributed by atoms with van der Waals surface area (Å²) in [6.45, 7) is 27.1. The van der Waals surface area contributed by atoms with Gasteiger partial charge in [0.2, 0.25) is 0 Å². The maximum atomic E-state index is 13.6. The Balaban J connectivity index is 2.35. The van der Waals surface area contributed by atoms with Crippen molar-refractivity contribution >= 4 is 20.3 Å². The zero-order valence-electron chi connectivity index (χ0n) is 31.9. The van der Waals surface area contributed by atoms with E-state index < -0.39 is 20.5 Å². The molecule has 0 aromatic heterocycles. The van der Waals surface area contributed by atoms with E-state index in [-0.39, 0.29) is 65.4 Å². The van der Waals surface area contributed by atoms with Gasteiger partial charge in [0, 0.05) is 24.2 Å². The fourth-order valence-electron chi connectivity index (χ4n) is 7.10. The highest BCUT2D eigenvalue weighted by molar-refractivity contribution is 6.75. The number of allylic oxidation sites excluding steroid dienone is 3. The lowest BCUT2D eigenvalue weighted by molar-refractivity contribution is -0.151. The second-order valence-electron chi connectivity index (χ2n) is 16.0. The van der Waals surface area contributed by atoms with Crippen molar-refractivity contribution in [2.45, 2.75) is 176 Å². The van der Waals surface area contributed by atoms with Crippen LogP contribution in [0, 0.1) is 22.7 Å². The molecule has 2 heterocycles. The van der Waals surface area contributed by atoms with E-state index in [0.29, 0.717) is 12.0 Å². The molecule has 8 heteroatoms. The predicted octanol–water partition coefficient (Wildman–Crippen LogP) is 9.11. The maximum absolute atomic E-state index is 13.6. The smallest absolute Gasteiger partial charge is 0.308 e. The van der Waals surface area contributed by atoms with Crippen LogP contribution >= 0.6 is 0 Å². The summed E-state index contributed by atoms with van der Waals surface area (Å²) >= 11 is 0. The molecular weight excluding hydrogens is 609 g/mol. The van der Waals surface area contributed by atoms with Crippen LogP contribution in [0.5, 0.6) is 0 Å². The van der Waals surface area contributed by atoms with Gasteiger partial charge in [-0.3, -0.25) is 9.59 Å². The molecule has 0 spiro atoms. The van der Waals surface area contributed by atoms with Crippen LogP contribution in [-0.4, -0.2) is 62.0 Å². The summed E-state index contributed by atoms with van der Waals surface area (Å²) in [5, 5.41) is 10.2. The number of carbonyl (C=O) groups excluding carboxylic acids is 2. The van der Waals surface area contributed by atoms with Gasteiger partial charge in [-0.25, -0.2) is 0 Å². The van der Waals surface area contributed by atoms with E-state index in [2.05, 4.69) is 74.5 Å². The van der Waals surface area contributed by atoms with Gasteiger partial charge in [0.15, 0.2) is 8.32 Å². The molecule has 47 heavy (non-hydrogen) atoms. The third-order valence-electron chi connectivity index (χ3n) is 10.8. The van der Waals surface area contributed by atoms with Crippen LogP contribution in [0.4, 0.5) is 0 Å². The lowest BCUT2D eigenvalue weighted by Crippen LogP contribution is -2.45. The molecule has 1 fully saturated rings. The minimum absolute atomic E-state index is 0.106. The highest BCUT2D eigenvalue weighted by atomic mass is 28.4. The van der Waals surface area contributed by atoms with Crippen LogP contribution in [0.15, 0.2) is 36.0 Å². The summed E-state index contributed by atoms with van der Waals surface area (Å²) in [4.78, 5) is 25.8. The van der Waals surface area contributed by atoms with E-state index in [0.717, 1.165) is 36.9 Å². The Hall–Kier alpha value is -1.74. The SMILES string of the molecule is CCC(O)C(C)C1OC1CC(C)(C)/C=C/C=C(\C)C1OC(=O)CC(O[Si](CC)(CC)C(C)C)CCC(C)(C)C(OC(C)=O)/C=C/C1C. The molecule has 0 aromatic rings. The molecule has 0 bridgehead atoms. The number of hydrogen-bond acceptors (Lipinski definition) is 7. The van der Waals surface area contributed by atoms with Gasteiger partial charge in [0.25, 0.3) is 0 Å². The van der Waals surface area contributed by atoms with Gasteiger partial charge in [0.05, 0.1) is 30.8 Å². The van der Waals surface area contributed by atoms with Crippen molar-refractivity contribution < 1.29 is 33.3 Å². The van der Waals surface area contributed by atoms with E-state index >= 15 is 0 Å². The first-order valence-electron chi connectivity index (χ1n) is 18.2. The molecule has 2 rings (SSSR count). The molecule has 1 N–H and O–H groups in total. The number of hydrogen-bond donors (Lipinski definition) is 1. The third-order valence-corrected chi connectivity index (χ3v) is 16.1. The van der Waals surface area contributed by atoms with Gasteiger partial charge in [-0.1, -0.05) is 100 Å². The van der Waals surface area contributed by atoms with Crippen molar-refractivity contribution in [3.8, 4) is 0 Å². The van der Waals surface area contributed by atoms with Crippen LogP contribution in [0.2, 0.25) is 17.6 Å². The second kappa shape index (κ2) is 17.8. The fraction of sp³-hybridized carbons (Fsp3) is 0.795. The van der Waals surface area contributed by atoms with Gasteiger partial charge >= 0.3 is 11.9 Å². The average molecular weight is 677 g/mol. The molecule has 0 aliphatic carbocycles. The summed E-state index contributed by atoms with van der Waals surface area (Å²) in [6, 6.07) is 1.98. The Bertz CT molecular complexity index is 1100. The Morgan fingerprint density at radius 2 is 1.79 bits per heavy atom. The number of rotatable bonds is 14. The normalized spacial score (nSPS) is 29.9. The van der Waals surface area contributed by atoms with E-state index in [1.54, 1.807) is 0 Å². The van der Waals surface area contributed by atoms with Gasteiger partial charge in [-0.15, -0.1) is 0 Å². The highest BCUT2D eigenvalue weighted by Gasteiger charge is 2.46. The minimum Gasteiger partial charge on any atom is -0.458 e. The number of epoxide rings is 1. The monoisotopic (exact) mass is 676 g/mol. The standard InChI is InChI=1S/C39H68O7Si/c1-14-32(41)29(8)37-33(44-37)25-38(10,11)22-17-18-27(6)36-28(7)19-20-34(43-30(9)40)39(12,13)23-21-31(24-35(42)45-36)46-47(15-2,16-3)26(4)5/h17-20,22,26,28-29,31-34,36-37,41H,14-16,21,23-25H2,1-13H3/b20-19+,22-17+,27-18+. The van der Waals surface area contributed by atoms with Crippen molar-refractivity contribution in [2.75, 3.05) is 0 Å². The minimum atomic E-state index is -2.08. The predicted molar refractivity (Wildman–Crippen MR) is 193 cm³/mol. The third kappa shape index (κ3) is 12.3. The Kier molecular flexibility index (Phi) is 15.7. The molecule has 0 amide bonds. The van der Waals surface area contributed by atoms with Crippen molar-refractivity contribution in [1.82, 2.24) is 0 Å². The van der Waals surface area contributed by atoms with Crippen molar-refractivity contribution in [3.05, 3.63) is 36.0 Å². The largest absolute Gasteiger partial charge is 0.458 e. The van der Waals surface area contributed by atoms with Gasteiger partial charge in [0.1, 0.15) is 12.2 Å². The lowest BCUT2D eigenvalue weighted by Gasteiger charge is -2.39. The number of ether oxygens (including phenoxy) is 3. The van der Waals surface area contributed by atoms with Crippen LogP contribution in [0.1, 0.15) is 122 Å². The zero-order valence-corrected chi connectivity index (χ0v) is 32.9. The average Bonchev–Trinajstić information content (AvgIpc) is 3.75. The number of aliphatic hydroxyl groups excluding tert-OH is 1. The van der Waals surface area contributed by atoms with Gasteiger partial charge < -0.3 is 23.7 Å². The quantitative estimate of drug-likeness (QED) is 0.0645. The van der Waals surface area contributed by atoms with Crippen molar-refractivity contribution in [1.29, 1.82) is 0 Å². The number of esters is 2. The van der Waals surface area contributed by atoms with E-state index in [9.17, 15) is 14.7 Å². The Morgan fingerprint density at radius 3 is 2.34 bits per heavy atom. The summed E-state index contributed by atoms with van der Waals surface area (Å²) in [7, 11) is -2.08.